The summed E-state index contributed by atoms with van der Waals surface area (Å²) in [5, 5.41) is 7.04. The van der Waals surface area contributed by atoms with Gasteiger partial charge in [0.2, 0.25) is 5.13 Å². The van der Waals surface area contributed by atoms with Gasteiger partial charge < -0.3 is 9.31 Å². The lowest BCUT2D eigenvalue weighted by Gasteiger charge is -2.32. The third-order valence-corrected chi connectivity index (χ3v) is 6.54. The van der Waals surface area contributed by atoms with Crippen LogP contribution in [-0.2, 0) is 9.31 Å². The third kappa shape index (κ3) is 4.33. The van der Waals surface area contributed by atoms with Crippen molar-refractivity contribution in [2.45, 2.75) is 45.8 Å². The molecule has 0 amide bonds. The van der Waals surface area contributed by atoms with Crippen molar-refractivity contribution >= 4 is 35.3 Å². The smallest absolute Gasteiger partial charge is 0.399 e. The average Bonchev–Trinajstić information content (AvgIpc) is 3.22. The first-order valence-corrected chi connectivity index (χ1v) is 10.9. The molecule has 0 atom stereocenters. The number of hydrogen-bond acceptors (Lipinski definition) is 6. The minimum atomic E-state index is -0.336. The van der Waals surface area contributed by atoms with Gasteiger partial charge in [0.1, 0.15) is 0 Å². The van der Waals surface area contributed by atoms with Crippen LogP contribution in [0.3, 0.4) is 0 Å². The van der Waals surface area contributed by atoms with E-state index in [2.05, 4.69) is 91.7 Å². The van der Waals surface area contributed by atoms with Gasteiger partial charge in [-0.25, -0.2) is 4.98 Å². The van der Waals surface area contributed by atoms with Gasteiger partial charge in [-0.15, -0.1) is 11.3 Å². The molecule has 30 heavy (non-hydrogen) atoms. The van der Waals surface area contributed by atoms with Gasteiger partial charge in [-0.1, -0.05) is 48.5 Å². The highest BCUT2D eigenvalue weighted by Gasteiger charge is 2.51. The van der Waals surface area contributed by atoms with Crippen LogP contribution in [0, 0.1) is 6.92 Å². The quantitative estimate of drug-likeness (QED) is 0.365. The van der Waals surface area contributed by atoms with Gasteiger partial charge in [0, 0.05) is 5.38 Å². The van der Waals surface area contributed by atoms with Gasteiger partial charge in [-0.05, 0) is 56.8 Å². The lowest BCUT2D eigenvalue weighted by Crippen LogP contribution is -2.41. The number of nitrogens with one attached hydrogen (secondary N) is 1. The Hall–Kier alpha value is -2.48. The number of aryl methyl sites for hydroxylation is 1. The first-order chi connectivity index (χ1) is 14.2. The van der Waals surface area contributed by atoms with E-state index in [9.17, 15) is 0 Å². The standard InChI is InChI=1S/C23H26BN3O2S/c1-16-15-30-21(26-16)27-25-14-17-6-8-18(9-7-17)19-10-12-20(13-11-19)24-28-22(2,3)23(4,5)29-24/h6-15H,1-5H3,(H,26,27). The first-order valence-electron chi connectivity index (χ1n) is 10.0. The van der Waals surface area contributed by atoms with Crippen LogP contribution in [0.25, 0.3) is 11.1 Å². The molecule has 1 aliphatic rings. The van der Waals surface area contributed by atoms with E-state index >= 15 is 0 Å². The number of benzene rings is 2. The van der Waals surface area contributed by atoms with Crippen LogP contribution in [0.5, 0.6) is 0 Å². The summed E-state index contributed by atoms with van der Waals surface area (Å²) >= 11 is 1.54. The maximum atomic E-state index is 6.14. The number of thiazole rings is 1. The molecule has 2 heterocycles. The second-order valence-corrected chi connectivity index (χ2v) is 9.35. The molecule has 1 aromatic heterocycles. The number of rotatable bonds is 5. The number of hydrogen-bond donors (Lipinski definition) is 1. The van der Waals surface area contributed by atoms with Crippen LogP contribution in [0.15, 0.2) is 59.0 Å². The van der Waals surface area contributed by atoms with Crippen LogP contribution in [0.4, 0.5) is 5.13 Å². The fraction of sp³-hybridized carbons (Fsp3) is 0.304. The lowest BCUT2D eigenvalue weighted by atomic mass is 9.78. The second-order valence-electron chi connectivity index (χ2n) is 8.50. The maximum absolute atomic E-state index is 6.14. The highest BCUT2D eigenvalue weighted by atomic mass is 32.1. The van der Waals surface area contributed by atoms with E-state index in [4.69, 9.17) is 9.31 Å². The Balaban J connectivity index is 1.41. The van der Waals surface area contributed by atoms with Gasteiger partial charge in [0.05, 0.1) is 23.1 Å². The zero-order valence-electron chi connectivity index (χ0n) is 18.0. The van der Waals surface area contributed by atoms with E-state index in [0.29, 0.717) is 0 Å². The largest absolute Gasteiger partial charge is 0.494 e. The molecule has 154 valence electrons. The number of nitrogens with zero attached hydrogens (tertiary/aromatic N) is 2. The summed E-state index contributed by atoms with van der Waals surface area (Å²) < 4.78 is 12.3. The van der Waals surface area contributed by atoms with E-state index in [1.54, 1.807) is 17.6 Å². The molecule has 2 aromatic carbocycles. The third-order valence-electron chi connectivity index (χ3n) is 5.67. The van der Waals surface area contributed by atoms with E-state index in [1.807, 2.05) is 12.3 Å². The van der Waals surface area contributed by atoms with Crippen molar-refractivity contribution in [3.8, 4) is 11.1 Å². The summed E-state index contributed by atoms with van der Waals surface area (Å²) in [6, 6.07) is 16.7. The van der Waals surface area contributed by atoms with Gasteiger partial charge >= 0.3 is 7.12 Å². The Kier molecular flexibility index (Phi) is 5.53. The SMILES string of the molecule is Cc1csc(NN=Cc2ccc(-c3ccc(B4OC(C)(C)C(C)(C)O4)cc3)cc2)n1. The minimum Gasteiger partial charge on any atom is -0.399 e. The summed E-state index contributed by atoms with van der Waals surface area (Å²) in [5.74, 6) is 0. The van der Waals surface area contributed by atoms with Gasteiger partial charge in [0.15, 0.2) is 0 Å². The van der Waals surface area contributed by atoms with Crippen LogP contribution in [0.2, 0.25) is 0 Å². The highest BCUT2D eigenvalue weighted by molar-refractivity contribution is 7.13. The average molecular weight is 419 g/mol. The Morgan fingerprint density at radius 2 is 1.50 bits per heavy atom. The molecule has 1 saturated heterocycles. The van der Waals surface area contributed by atoms with Crippen molar-refractivity contribution in [1.82, 2.24) is 4.98 Å². The van der Waals surface area contributed by atoms with Crippen LogP contribution >= 0.6 is 11.3 Å². The predicted molar refractivity (Wildman–Crippen MR) is 126 cm³/mol. The normalized spacial score (nSPS) is 17.6. The van der Waals surface area contributed by atoms with Crippen LogP contribution in [-0.4, -0.2) is 29.5 Å². The maximum Gasteiger partial charge on any atom is 0.494 e. The number of anilines is 1. The zero-order valence-corrected chi connectivity index (χ0v) is 18.8. The van der Waals surface area contributed by atoms with Gasteiger partial charge in [-0.3, -0.25) is 5.43 Å². The molecule has 1 aliphatic heterocycles. The molecule has 5 nitrogen and oxygen atoms in total. The molecular weight excluding hydrogens is 393 g/mol. The first kappa shape index (κ1) is 20.8. The molecule has 0 radical (unpaired) electrons. The van der Waals surface area contributed by atoms with E-state index in [0.717, 1.165) is 33.0 Å². The molecule has 4 rings (SSSR count). The monoisotopic (exact) mass is 419 g/mol. The summed E-state index contributed by atoms with van der Waals surface area (Å²) in [4.78, 5) is 4.32. The van der Waals surface area contributed by atoms with Crippen molar-refractivity contribution in [1.29, 1.82) is 0 Å². The molecule has 1 fully saturated rings. The molecular formula is C23H26BN3O2S. The van der Waals surface area contributed by atoms with Gasteiger partial charge in [-0.2, -0.15) is 5.10 Å². The van der Waals surface area contributed by atoms with Crippen molar-refractivity contribution < 1.29 is 9.31 Å². The Bertz CT molecular complexity index is 1030. The number of aromatic nitrogens is 1. The fourth-order valence-electron chi connectivity index (χ4n) is 3.14. The molecule has 0 unspecified atom stereocenters. The predicted octanol–water partition coefficient (Wildman–Crippen LogP) is 4.86. The molecule has 0 aliphatic carbocycles. The fourth-order valence-corrected chi connectivity index (χ4v) is 3.78. The van der Waals surface area contributed by atoms with Crippen molar-refractivity contribution in [3.05, 3.63) is 65.2 Å². The van der Waals surface area contributed by atoms with E-state index < -0.39 is 0 Å². The van der Waals surface area contributed by atoms with E-state index in [-0.39, 0.29) is 18.3 Å². The molecule has 1 N–H and O–H groups in total. The summed E-state index contributed by atoms with van der Waals surface area (Å²) in [6.07, 6.45) is 1.79. The van der Waals surface area contributed by atoms with Crippen molar-refractivity contribution in [3.63, 3.8) is 0 Å². The van der Waals surface area contributed by atoms with Crippen LogP contribution < -0.4 is 10.9 Å². The molecule has 0 bridgehead atoms. The Labute approximate surface area is 182 Å². The molecule has 3 aromatic rings. The van der Waals surface area contributed by atoms with Crippen LogP contribution in [0.1, 0.15) is 39.0 Å². The molecule has 7 heteroatoms. The summed E-state index contributed by atoms with van der Waals surface area (Å²) in [5.41, 5.74) is 7.64. The molecule has 0 saturated carbocycles. The van der Waals surface area contributed by atoms with Crippen molar-refractivity contribution in [2.75, 3.05) is 5.43 Å². The van der Waals surface area contributed by atoms with E-state index in [1.165, 1.54) is 0 Å². The van der Waals surface area contributed by atoms with Gasteiger partial charge in [0.25, 0.3) is 0 Å². The second kappa shape index (κ2) is 7.98. The highest BCUT2D eigenvalue weighted by Crippen LogP contribution is 2.36. The summed E-state index contributed by atoms with van der Waals surface area (Å²) in [7, 11) is -0.336. The zero-order chi connectivity index (χ0) is 21.4. The van der Waals surface area contributed by atoms with Crippen molar-refractivity contribution in [2.24, 2.45) is 5.10 Å². The topological polar surface area (TPSA) is 55.7 Å². The Morgan fingerprint density at radius 3 is 2.03 bits per heavy atom. The minimum absolute atomic E-state index is 0.332. The molecule has 0 spiro atoms. The lowest BCUT2D eigenvalue weighted by molar-refractivity contribution is 0.00578. The number of hydrazone groups is 1. The summed E-state index contributed by atoms with van der Waals surface area (Å²) in [6.45, 7) is 10.2. The Morgan fingerprint density at radius 1 is 0.933 bits per heavy atom.